The van der Waals surface area contributed by atoms with Crippen molar-refractivity contribution < 1.29 is 0 Å². The molecule has 1 aliphatic rings. The van der Waals surface area contributed by atoms with Crippen molar-refractivity contribution in [1.82, 2.24) is 10.3 Å². The summed E-state index contributed by atoms with van der Waals surface area (Å²) in [4.78, 5) is 6.98. The number of nitrogens with zero attached hydrogens (tertiary/aromatic N) is 2. The van der Waals surface area contributed by atoms with E-state index >= 15 is 0 Å². The predicted molar refractivity (Wildman–Crippen MR) is 114 cm³/mol. The van der Waals surface area contributed by atoms with Gasteiger partial charge < -0.3 is 15.5 Å². The highest BCUT2D eigenvalue weighted by Crippen LogP contribution is 2.22. The van der Waals surface area contributed by atoms with E-state index in [0.29, 0.717) is 5.11 Å². The molecule has 0 unspecified atom stereocenters. The molecule has 0 amide bonds. The van der Waals surface area contributed by atoms with Gasteiger partial charge in [-0.15, -0.1) is 0 Å². The Kier molecular flexibility index (Phi) is 6.83. The van der Waals surface area contributed by atoms with Gasteiger partial charge in [-0.2, -0.15) is 0 Å². The van der Waals surface area contributed by atoms with Gasteiger partial charge in [-0.1, -0.05) is 37.3 Å². The van der Waals surface area contributed by atoms with Crippen LogP contribution in [0.4, 0.5) is 11.5 Å². The highest BCUT2D eigenvalue weighted by Gasteiger charge is 2.17. The second kappa shape index (κ2) is 9.53. The van der Waals surface area contributed by atoms with Crippen LogP contribution in [0.5, 0.6) is 0 Å². The average Bonchev–Trinajstić information content (AvgIpc) is 2.67. The lowest BCUT2D eigenvalue weighted by Crippen LogP contribution is -2.34. The second-order valence-electron chi connectivity index (χ2n) is 7.07. The smallest absolute Gasteiger partial charge is 0.170 e. The van der Waals surface area contributed by atoms with Crippen molar-refractivity contribution >= 4 is 28.8 Å². The Morgan fingerprint density at radius 3 is 2.81 bits per heavy atom. The summed E-state index contributed by atoms with van der Waals surface area (Å²) in [5.41, 5.74) is 2.29. The summed E-state index contributed by atoms with van der Waals surface area (Å²) in [6.45, 7) is 5.37. The van der Waals surface area contributed by atoms with Gasteiger partial charge in [0.25, 0.3) is 0 Å². The first-order chi connectivity index (χ1) is 12.7. The molecule has 1 saturated heterocycles. The van der Waals surface area contributed by atoms with Crippen LogP contribution in [0.25, 0.3) is 0 Å². The number of thiocarbonyl (C=S) groups is 1. The van der Waals surface area contributed by atoms with E-state index in [-0.39, 0.29) is 0 Å². The highest BCUT2D eigenvalue weighted by atomic mass is 32.1. The first kappa shape index (κ1) is 18.6. The molecule has 2 N–H and O–H groups in total. The third kappa shape index (κ3) is 5.70. The van der Waals surface area contributed by atoms with Gasteiger partial charge in [0.05, 0.1) is 11.9 Å². The largest absolute Gasteiger partial charge is 0.362 e. The van der Waals surface area contributed by atoms with Crippen molar-refractivity contribution in [2.24, 2.45) is 5.92 Å². The molecule has 26 heavy (non-hydrogen) atoms. The first-order valence-electron chi connectivity index (χ1n) is 9.50. The number of hydrogen-bond acceptors (Lipinski definition) is 3. The summed E-state index contributed by atoms with van der Waals surface area (Å²) in [7, 11) is 0. The van der Waals surface area contributed by atoms with Crippen LogP contribution in [0, 0.1) is 5.92 Å². The molecule has 0 aliphatic carbocycles. The van der Waals surface area contributed by atoms with E-state index in [2.05, 4.69) is 63.8 Å². The monoisotopic (exact) mass is 368 g/mol. The number of piperidine rings is 1. The zero-order valence-electron chi connectivity index (χ0n) is 15.4. The minimum Gasteiger partial charge on any atom is -0.362 e. The fourth-order valence-corrected chi connectivity index (χ4v) is 3.58. The Bertz CT molecular complexity index is 687. The molecule has 0 spiro atoms. The van der Waals surface area contributed by atoms with Gasteiger partial charge in [0.15, 0.2) is 5.11 Å². The maximum Gasteiger partial charge on any atom is 0.170 e. The fourth-order valence-electron chi connectivity index (χ4n) is 3.36. The van der Waals surface area contributed by atoms with E-state index in [9.17, 15) is 0 Å². The molecule has 1 fully saturated rings. The van der Waals surface area contributed by atoms with Crippen molar-refractivity contribution in [1.29, 1.82) is 0 Å². The molecule has 0 saturated carbocycles. The van der Waals surface area contributed by atoms with Gasteiger partial charge in [0.2, 0.25) is 0 Å². The van der Waals surface area contributed by atoms with Gasteiger partial charge >= 0.3 is 0 Å². The molecule has 1 aliphatic heterocycles. The van der Waals surface area contributed by atoms with E-state index in [1.807, 2.05) is 12.3 Å². The maximum absolute atomic E-state index is 5.38. The molecule has 1 aromatic heterocycles. The predicted octanol–water partition coefficient (Wildman–Crippen LogP) is 4.24. The number of aryl methyl sites for hydroxylation is 1. The molecular weight excluding hydrogens is 340 g/mol. The molecule has 0 bridgehead atoms. The van der Waals surface area contributed by atoms with E-state index < -0.39 is 0 Å². The Labute approximate surface area is 162 Å². The number of nitrogens with one attached hydrogen (secondary N) is 2. The molecule has 4 nitrogen and oxygen atoms in total. The third-order valence-electron chi connectivity index (χ3n) is 4.76. The molecule has 2 heterocycles. The van der Waals surface area contributed by atoms with Crippen LogP contribution in [0.1, 0.15) is 31.7 Å². The van der Waals surface area contributed by atoms with Gasteiger partial charge in [0.1, 0.15) is 5.82 Å². The van der Waals surface area contributed by atoms with Crippen LogP contribution in [0.2, 0.25) is 0 Å². The summed E-state index contributed by atoms with van der Waals surface area (Å²) in [5, 5.41) is 7.14. The van der Waals surface area contributed by atoms with E-state index in [1.165, 1.54) is 18.4 Å². The first-order valence-corrected chi connectivity index (χ1v) is 9.91. The minimum atomic E-state index is 0.652. The Balaban J connectivity index is 1.40. The van der Waals surface area contributed by atoms with Crippen LogP contribution >= 0.6 is 12.2 Å². The number of rotatable bonds is 6. The van der Waals surface area contributed by atoms with Gasteiger partial charge in [0, 0.05) is 19.6 Å². The fraction of sp³-hybridized carbons (Fsp3) is 0.429. The molecule has 1 aromatic carbocycles. The summed E-state index contributed by atoms with van der Waals surface area (Å²) < 4.78 is 0. The third-order valence-corrected chi connectivity index (χ3v) is 5.00. The molecule has 1 atom stereocenters. The molecule has 2 aromatic rings. The zero-order valence-corrected chi connectivity index (χ0v) is 16.3. The number of aromatic nitrogens is 1. The number of hydrogen-bond donors (Lipinski definition) is 2. The lowest BCUT2D eigenvalue weighted by Gasteiger charge is -2.31. The summed E-state index contributed by atoms with van der Waals surface area (Å²) in [6, 6.07) is 14.7. The lowest BCUT2D eigenvalue weighted by molar-refractivity contribution is 0.444. The average molecular weight is 369 g/mol. The van der Waals surface area contributed by atoms with Crippen molar-refractivity contribution in [2.75, 3.05) is 29.9 Å². The normalized spacial score (nSPS) is 17.0. The standard InChI is InChI=1S/C21H28N4S/c1-17-7-6-14-25(16-17)20-12-11-19(15-23-20)24-21(26)22-13-5-10-18-8-3-2-4-9-18/h2-4,8-9,11-12,15,17H,5-7,10,13-14,16H2,1H3,(H2,22,24,26)/t17-/m1/s1. The summed E-state index contributed by atoms with van der Waals surface area (Å²) in [6.07, 6.45) is 6.55. The quantitative estimate of drug-likeness (QED) is 0.590. The van der Waals surface area contributed by atoms with Crippen LogP contribution in [0.15, 0.2) is 48.7 Å². The molecule has 138 valence electrons. The van der Waals surface area contributed by atoms with Crippen LogP contribution < -0.4 is 15.5 Å². The van der Waals surface area contributed by atoms with Crippen LogP contribution in [-0.4, -0.2) is 29.7 Å². The summed E-state index contributed by atoms with van der Waals surface area (Å²) in [5.74, 6) is 1.81. The second-order valence-corrected chi connectivity index (χ2v) is 7.48. The minimum absolute atomic E-state index is 0.652. The Morgan fingerprint density at radius 1 is 1.23 bits per heavy atom. The van der Waals surface area contributed by atoms with Crippen molar-refractivity contribution in [3.63, 3.8) is 0 Å². The number of pyridine rings is 1. The molecular formula is C21H28N4S. The lowest BCUT2D eigenvalue weighted by atomic mass is 10.0. The van der Waals surface area contributed by atoms with Crippen molar-refractivity contribution in [2.45, 2.75) is 32.6 Å². The number of benzene rings is 1. The Morgan fingerprint density at radius 2 is 2.08 bits per heavy atom. The van der Waals surface area contributed by atoms with Crippen molar-refractivity contribution in [3.8, 4) is 0 Å². The van der Waals surface area contributed by atoms with Gasteiger partial charge in [-0.05, 0) is 61.5 Å². The van der Waals surface area contributed by atoms with Crippen LogP contribution in [-0.2, 0) is 6.42 Å². The topological polar surface area (TPSA) is 40.2 Å². The van der Waals surface area contributed by atoms with Crippen LogP contribution in [0.3, 0.4) is 0 Å². The SMILES string of the molecule is C[C@@H]1CCCN(c2ccc(NC(=S)NCCCc3ccccc3)cn2)C1. The van der Waals surface area contributed by atoms with Gasteiger partial charge in [-0.25, -0.2) is 4.98 Å². The van der Waals surface area contributed by atoms with Gasteiger partial charge in [-0.3, -0.25) is 0 Å². The summed E-state index contributed by atoms with van der Waals surface area (Å²) >= 11 is 5.38. The highest BCUT2D eigenvalue weighted by molar-refractivity contribution is 7.80. The zero-order chi connectivity index (χ0) is 18.2. The Hall–Kier alpha value is -2.14. The molecule has 3 rings (SSSR count). The van der Waals surface area contributed by atoms with E-state index in [4.69, 9.17) is 12.2 Å². The van der Waals surface area contributed by atoms with E-state index in [0.717, 1.165) is 49.9 Å². The molecule has 5 heteroatoms. The molecule has 0 radical (unpaired) electrons. The maximum atomic E-state index is 5.38. The van der Waals surface area contributed by atoms with Crippen molar-refractivity contribution in [3.05, 3.63) is 54.2 Å². The van der Waals surface area contributed by atoms with E-state index in [1.54, 1.807) is 0 Å². The number of anilines is 2.